The molecule has 0 bridgehead atoms. The van der Waals surface area contributed by atoms with Gasteiger partial charge in [0.25, 0.3) is 0 Å². The molecule has 1 unspecified atom stereocenters. The molecule has 8 nitrogen and oxygen atoms in total. The van der Waals surface area contributed by atoms with Crippen LogP contribution >= 0.6 is 0 Å². The topological polar surface area (TPSA) is 96.2 Å². The van der Waals surface area contributed by atoms with E-state index in [0.717, 1.165) is 45.3 Å². The van der Waals surface area contributed by atoms with E-state index < -0.39 is 0 Å². The summed E-state index contributed by atoms with van der Waals surface area (Å²) in [5.74, 6) is 2.89. The highest BCUT2D eigenvalue weighted by atomic mass is 16.5. The third kappa shape index (κ3) is 7.34. The van der Waals surface area contributed by atoms with Crippen LogP contribution < -0.4 is 4.74 Å². The van der Waals surface area contributed by atoms with Crippen LogP contribution in [0, 0.1) is 6.92 Å². The number of oxazole rings is 1. The van der Waals surface area contributed by atoms with Gasteiger partial charge >= 0.3 is 0 Å². The number of hydrogen-bond donors (Lipinski definition) is 0. The third-order valence-electron chi connectivity index (χ3n) is 9.25. The molecule has 8 rings (SSSR count). The number of carbonyl (C=O) groups excluding carboxylic acids is 1. The molecule has 8 aromatic rings. The summed E-state index contributed by atoms with van der Waals surface area (Å²) in [6.07, 6.45) is 3.05. The van der Waals surface area contributed by atoms with Crippen LogP contribution in [0.25, 0.3) is 28.6 Å². The van der Waals surface area contributed by atoms with Crippen molar-refractivity contribution < 1.29 is 18.4 Å². The molecule has 260 valence electrons. The minimum atomic E-state index is -0.197. The van der Waals surface area contributed by atoms with Gasteiger partial charge in [-0.2, -0.15) is 0 Å². The summed E-state index contributed by atoms with van der Waals surface area (Å²) >= 11 is 0. The summed E-state index contributed by atoms with van der Waals surface area (Å²) in [6.45, 7) is 2.38. The average Bonchev–Trinajstić information content (AvgIpc) is 3.99. The zero-order chi connectivity index (χ0) is 36.0. The number of para-hydroxylation sites is 1. The van der Waals surface area contributed by atoms with Crippen LogP contribution in [-0.4, -0.2) is 32.1 Å². The molecule has 5 aromatic carbocycles. The van der Waals surface area contributed by atoms with Crippen LogP contribution in [0.3, 0.4) is 0 Å². The van der Waals surface area contributed by atoms with Crippen molar-refractivity contribution in [2.75, 3.05) is 6.61 Å². The Morgan fingerprint density at radius 2 is 1.36 bits per heavy atom. The van der Waals surface area contributed by atoms with Gasteiger partial charge in [0.05, 0.1) is 18.0 Å². The molecule has 3 aromatic heterocycles. The molecule has 0 amide bonds. The van der Waals surface area contributed by atoms with Crippen molar-refractivity contribution in [1.29, 1.82) is 0 Å². The largest absolute Gasteiger partial charge is 0.493 e. The Morgan fingerprint density at radius 3 is 2.09 bits per heavy atom. The number of nitrogens with zero attached hydrogens (tertiary/aromatic N) is 4. The van der Waals surface area contributed by atoms with Crippen molar-refractivity contribution in [2.45, 2.75) is 25.7 Å². The number of ketones is 1. The molecule has 0 aliphatic carbocycles. The minimum absolute atomic E-state index is 0.0413. The fraction of sp³-hybridized carbons (Fsp3) is 0.111. The van der Waals surface area contributed by atoms with Crippen molar-refractivity contribution in [1.82, 2.24) is 19.7 Å². The first-order chi connectivity index (χ1) is 26.1. The van der Waals surface area contributed by atoms with Crippen LogP contribution in [0.1, 0.15) is 50.4 Å². The van der Waals surface area contributed by atoms with Crippen molar-refractivity contribution >= 4 is 5.78 Å². The van der Waals surface area contributed by atoms with E-state index in [4.69, 9.17) is 18.6 Å². The summed E-state index contributed by atoms with van der Waals surface area (Å²) in [5.41, 5.74) is 6.73. The van der Waals surface area contributed by atoms with Gasteiger partial charge in [0, 0.05) is 52.9 Å². The van der Waals surface area contributed by atoms with E-state index in [1.165, 1.54) is 0 Å². The molecular weight excluding hydrogens is 661 g/mol. The van der Waals surface area contributed by atoms with E-state index in [2.05, 4.69) is 33.0 Å². The standard InChI is InChI=1S/C45H36N4O4/c1-31-39(46-44(52-31)34-16-7-3-8-17-34)27-29-51-36-25-23-32(24-26-36)38(30-42-47-48-45(53-42)35-18-9-4-10-19-35)41-22-13-28-49(41)40-21-12-11-20-37(40)43(50)33-14-5-2-6-15-33/h2-26,28,38H,27,29-30H2,1H3. The van der Waals surface area contributed by atoms with Gasteiger partial charge in [0.1, 0.15) is 11.5 Å². The van der Waals surface area contributed by atoms with Gasteiger partial charge in [-0.15, -0.1) is 10.2 Å². The molecule has 0 N–H and O–H groups in total. The number of aromatic nitrogens is 4. The van der Waals surface area contributed by atoms with Crippen molar-refractivity contribution in [2.24, 2.45) is 0 Å². The zero-order valence-corrected chi connectivity index (χ0v) is 29.1. The first kappa shape index (κ1) is 33.3. The van der Waals surface area contributed by atoms with E-state index in [9.17, 15) is 4.79 Å². The highest BCUT2D eigenvalue weighted by Crippen LogP contribution is 2.34. The second kappa shape index (κ2) is 15.2. The molecule has 53 heavy (non-hydrogen) atoms. The number of rotatable bonds is 13. The van der Waals surface area contributed by atoms with Crippen LogP contribution in [0.5, 0.6) is 5.75 Å². The Balaban J connectivity index is 1.07. The SMILES string of the molecule is Cc1oc(-c2ccccc2)nc1CCOc1ccc(C(Cc2nnc(-c3ccccc3)o2)c2cccn2-c2ccccc2C(=O)c2ccccc2)cc1. The highest BCUT2D eigenvalue weighted by molar-refractivity contribution is 6.11. The van der Waals surface area contributed by atoms with Gasteiger partial charge in [0.15, 0.2) is 5.78 Å². The zero-order valence-electron chi connectivity index (χ0n) is 29.1. The molecule has 0 aliphatic rings. The lowest BCUT2D eigenvalue weighted by Crippen LogP contribution is -2.13. The Labute approximate surface area is 307 Å². The van der Waals surface area contributed by atoms with Gasteiger partial charge in [-0.05, 0) is 73.2 Å². The van der Waals surface area contributed by atoms with E-state index in [-0.39, 0.29) is 11.7 Å². The highest BCUT2D eigenvalue weighted by Gasteiger charge is 2.24. The Bertz CT molecular complexity index is 2430. The van der Waals surface area contributed by atoms with E-state index >= 15 is 0 Å². The number of ether oxygens (including phenoxy) is 1. The Kier molecular flexibility index (Phi) is 9.57. The maximum absolute atomic E-state index is 13.8. The predicted octanol–water partition coefficient (Wildman–Crippen LogP) is 9.72. The van der Waals surface area contributed by atoms with Gasteiger partial charge in [-0.25, -0.2) is 4.98 Å². The summed E-state index contributed by atoms with van der Waals surface area (Å²) in [5, 5.41) is 8.82. The fourth-order valence-electron chi connectivity index (χ4n) is 6.55. The quantitative estimate of drug-likeness (QED) is 0.111. The maximum Gasteiger partial charge on any atom is 0.247 e. The van der Waals surface area contributed by atoms with Gasteiger partial charge in [-0.1, -0.05) is 91.0 Å². The van der Waals surface area contributed by atoms with Gasteiger partial charge in [0.2, 0.25) is 17.7 Å². The molecule has 0 aliphatic heterocycles. The summed E-state index contributed by atoms with van der Waals surface area (Å²) in [4.78, 5) is 18.5. The Hall–Kier alpha value is -6.80. The molecule has 0 fully saturated rings. The number of hydrogen-bond acceptors (Lipinski definition) is 7. The Morgan fingerprint density at radius 1 is 0.698 bits per heavy atom. The second-order valence-electron chi connectivity index (χ2n) is 12.7. The lowest BCUT2D eigenvalue weighted by Gasteiger charge is -2.21. The van der Waals surface area contributed by atoms with Crippen LogP contribution in [0.2, 0.25) is 0 Å². The van der Waals surface area contributed by atoms with E-state index in [0.29, 0.717) is 48.2 Å². The monoisotopic (exact) mass is 696 g/mol. The number of aryl methyl sites for hydroxylation is 1. The molecule has 0 saturated carbocycles. The normalized spacial score (nSPS) is 11.7. The van der Waals surface area contributed by atoms with Gasteiger partial charge < -0.3 is 18.1 Å². The van der Waals surface area contributed by atoms with Crippen LogP contribution in [-0.2, 0) is 12.8 Å². The molecule has 8 heteroatoms. The lowest BCUT2D eigenvalue weighted by atomic mass is 9.91. The molecular formula is C45H36N4O4. The molecule has 0 spiro atoms. The molecule has 0 radical (unpaired) electrons. The summed E-state index contributed by atoms with van der Waals surface area (Å²) in [6, 6.07) is 48.9. The predicted molar refractivity (Wildman–Crippen MR) is 203 cm³/mol. The van der Waals surface area contributed by atoms with Crippen LogP contribution in [0.15, 0.2) is 167 Å². The molecule has 0 saturated heterocycles. The smallest absolute Gasteiger partial charge is 0.247 e. The summed E-state index contributed by atoms with van der Waals surface area (Å²) in [7, 11) is 0. The first-order valence-electron chi connectivity index (χ1n) is 17.6. The second-order valence-corrected chi connectivity index (χ2v) is 12.7. The maximum atomic E-state index is 13.8. The van der Waals surface area contributed by atoms with Crippen molar-refractivity contribution in [3.05, 3.63) is 198 Å². The minimum Gasteiger partial charge on any atom is -0.493 e. The average molecular weight is 697 g/mol. The number of carbonyl (C=O) groups is 1. The van der Waals surface area contributed by atoms with E-state index in [1.54, 1.807) is 0 Å². The van der Waals surface area contributed by atoms with Gasteiger partial charge in [-0.3, -0.25) is 4.79 Å². The fourth-order valence-corrected chi connectivity index (χ4v) is 6.55. The number of benzene rings is 5. The van der Waals surface area contributed by atoms with Crippen LogP contribution in [0.4, 0.5) is 0 Å². The third-order valence-corrected chi connectivity index (χ3v) is 9.25. The van der Waals surface area contributed by atoms with E-state index in [1.807, 2.05) is 147 Å². The summed E-state index contributed by atoms with van der Waals surface area (Å²) < 4.78 is 20.4. The molecule has 3 heterocycles. The van der Waals surface area contributed by atoms with Crippen molar-refractivity contribution in [3.63, 3.8) is 0 Å². The first-order valence-corrected chi connectivity index (χ1v) is 17.6. The molecule has 1 atom stereocenters. The lowest BCUT2D eigenvalue weighted by molar-refractivity contribution is 0.103. The van der Waals surface area contributed by atoms with Crippen molar-refractivity contribution in [3.8, 4) is 34.3 Å².